The summed E-state index contributed by atoms with van der Waals surface area (Å²) in [6, 6.07) is 2.42. The number of rotatable bonds is 4. The first-order valence-electron chi connectivity index (χ1n) is 7.39. The summed E-state index contributed by atoms with van der Waals surface area (Å²) in [5.41, 5.74) is 1.69. The van der Waals surface area contributed by atoms with E-state index in [0.29, 0.717) is 0 Å². The van der Waals surface area contributed by atoms with Gasteiger partial charge in [0.25, 0.3) is 9.70 Å². The van der Waals surface area contributed by atoms with Crippen LogP contribution in [0.15, 0.2) is 23.1 Å². The Kier molecular flexibility index (Phi) is 6.22. The number of benzene rings is 1. The molecule has 0 bridgehead atoms. The zero-order chi connectivity index (χ0) is 19.9. The van der Waals surface area contributed by atoms with E-state index in [0.717, 1.165) is 11.1 Å². The predicted molar refractivity (Wildman–Crippen MR) is 101 cm³/mol. The summed E-state index contributed by atoms with van der Waals surface area (Å²) in [7, 11) is -7.58. The lowest BCUT2D eigenvalue weighted by Crippen LogP contribution is -2.53. The van der Waals surface area contributed by atoms with Gasteiger partial charge in [-0.25, -0.2) is 21.6 Å². The van der Waals surface area contributed by atoms with E-state index in [1.165, 1.54) is 12.1 Å². The molecule has 0 saturated carbocycles. The van der Waals surface area contributed by atoms with Crippen LogP contribution in [0.2, 0.25) is 0 Å². The minimum absolute atomic E-state index is 0.00338. The van der Waals surface area contributed by atoms with Crippen LogP contribution in [0.25, 0.3) is 0 Å². The Morgan fingerprint density at radius 3 is 2.23 bits per heavy atom. The first-order chi connectivity index (χ1) is 11.7. The van der Waals surface area contributed by atoms with E-state index in [4.69, 9.17) is 34.8 Å². The Morgan fingerprint density at radius 1 is 1.12 bits per heavy atom. The van der Waals surface area contributed by atoms with Crippen molar-refractivity contribution in [2.24, 2.45) is 0 Å². The van der Waals surface area contributed by atoms with Crippen molar-refractivity contribution in [2.75, 3.05) is 11.5 Å². The van der Waals surface area contributed by atoms with Crippen LogP contribution in [0.3, 0.4) is 0 Å². The Labute approximate surface area is 167 Å². The van der Waals surface area contributed by atoms with Crippen LogP contribution in [-0.4, -0.2) is 50.1 Å². The molecule has 0 unspecified atom stereocenters. The molecule has 12 heteroatoms. The minimum atomic E-state index is -4.00. The lowest BCUT2D eigenvalue weighted by atomic mass is 10.1. The topological polar surface area (TPSA) is 109 Å². The van der Waals surface area contributed by atoms with Crippen molar-refractivity contribution in [1.82, 2.24) is 10.0 Å². The van der Waals surface area contributed by atoms with Gasteiger partial charge in [-0.3, -0.25) is 4.79 Å². The van der Waals surface area contributed by atoms with Gasteiger partial charge in [0.2, 0.25) is 10.0 Å². The number of amides is 1. The van der Waals surface area contributed by atoms with E-state index < -0.39 is 53.1 Å². The molecule has 1 aromatic rings. The number of carbonyl (C=O) groups is 1. The molecule has 1 aliphatic rings. The average molecular weight is 464 g/mol. The summed E-state index contributed by atoms with van der Waals surface area (Å²) in [6.45, 7) is 3.60. The molecule has 2 atom stereocenters. The molecule has 0 aliphatic carbocycles. The minimum Gasteiger partial charge on any atom is -0.347 e. The van der Waals surface area contributed by atoms with E-state index in [2.05, 4.69) is 10.0 Å². The second kappa shape index (κ2) is 7.44. The zero-order valence-electron chi connectivity index (χ0n) is 13.8. The largest absolute Gasteiger partial charge is 0.347 e. The van der Waals surface area contributed by atoms with Crippen molar-refractivity contribution < 1.29 is 21.6 Å². The van der Waals surface area contributed by atoms with Gasteiger partial charge in [0.15, 0.2) is 9.84 Å². The zero-order valence-corrected chi connectivity index (χ0v) is 17.7. The van der Waals surface area contributed by atoms with Crippen LogP contribution >= 0.6 is 34.8 Å². The highest BCUT2D eigenvalue weighted by atomic mass is 35.6. The Balaban J connectivity index is 2.26. The van der Waals surface area contributed by atoms with Gasteiger partial charge in [0.05, 0.1) is 28.5 Å². The van der Waals surface area contributed by atoms with Crippen molar-refractivity contribution in [3.05, 3.63) is 29.3 Å². The number of hydrogen-bond acceptors (Lipinski definition) is 5. The molecule has 0 aromatic heterocycles. The van der Waals surface area contributed by atoms with E-state index in [1.54, 1.807) is 13.0 Å². The maximum Gasteiger partial charge on any atom is 0.272 e. The molecule has 2 rings (SSSR count). The van der Waals surface area contributed by atoms with Gasteiger partial charge >= 0.3 is 0 Å². The van der Waals surface area contributed by atoms with Gasteiger partial charge in [-0.2, -0.15) is 0 Å². The molecular formula is C14H17Cl3N2O5S2. The number of sulfonamides is 1. The summed E-state index contributed by atoms with van der Waals surface area (Å²) in [4.78, 5) is 11.8. The molecule has 1 saturated heterocycles. The van der Waals surface area contributed by atoms with Gasteiger partial charge in [-0.05, 0) is 37.1 Å². The molecule has 0 spiro atoms. The van der Waals surface area contributed by atoms with Crippen molar-refractivity contribution >= 4 is 60.6 Å². The first-order valence-corrected chi connectivity index (χ1v) is 11.8. The third-order valence-corrected chi connectivity index (χ3v) is 7.76. The average Bonchev–Trinajstić information content (AvgIpc) is 2.73. The highest BCUT2D eigenvalue weighted by molar-refractivity contribution is 7.92. The smallest absolute Gasteiger partial charge is 0.272 e. The second-order valence-corrected chi connectivity index (χ2v) is 12.3. The summed E-state index contributed by atoms with van der Waals surface area (Å²) in [5, 5.41) is 2.28. The highest BCUT2D eigenvalue weighted by Gasteiger charge is 2.43. The fourth-order valence-corrected chi connectivity index (χ4v) is 6.00. The Hall–Kier alpha value is -0.580. The molecule has 0 radical (unpaired) electrons. The fourth-order valence-electron chi connectivity index (χ4n) is 2.50. The molecule has 1 aromatic carbocycles. The summed E-state index contributed by atoms with van der Waals surface area (Å²) in [6.07, 6.45) is 0. The molecule has 146 valence electrons. The summed E-state index contributed by atoms with van der Waals surface area (Å²) < 4.78 is 49.1. The third kappa shape index (κ3) is 5.24. The van der Waals surface area contributed by atoms with Crippen molar-refractivity contribution in [3.8, 4) is 0 Å². The standard InChI is InChI=1S/C14H17Cl3N2O5S2/c1-8-3-4-10(5-9(8)2)26(23,24)19-12-7-25(21,22)6-11(12)18-13(20)14(15,16)17/h3-5,11-12,19H,6-7H2,1-2H3,(H,18,20)/t11-,12+/m1/s1. The van der Waals surface area contributed by atoms with Gasteiger partial charge in [0.1, 0.15) is 0 Å². The third-order valence-electron chi connectivity index (χ3n) is 4.02. The van der Waals surface area contributed by atoms with E-state index in [9.17, 15) is 21.6 Å². The quantitative estimate of drug-likeness (QED) is 0.653. The monoisotopic (exact) mass is 462 g/mol. The molecule has 1 fully saturated rings. The van der Waals surface area contributed by atoms with E-state index in [-0.39, 0.29) is 4.90 Å². The molecule has 1 aliphatic heterocycles. The molecule has 7 nitrogen and oxygen atoms in total. The number of alkyl halides is 3. The van der Waals surface area contributed by atoms with Gasteiger partial charge < -0.3 is 5.32 Å². The predicted octanol–water partition coefficient (Wildman–Crippen LogP) is 1.23. The van der Waals surface area contributed by atoms with Gasteiger partial charge in [-0.1, -0.05) is 40.9 Å². The molecule has 1 amide bonds. The lowest BCUT2D eigenvalue weighted by molar-refractivity contribution is -0.120. The molecule has 2 N–H and O–H groups in total. The second-order valence-electron chi connectivity index (χ2n) is 6.13. The first kappa shape index (κ1) is 21.7. The van der Waals surface area contributed by atoms with Crippen LogP contribution in [0.1, 0.15) is 11.1 Å². The normalized spacial score (nSPS) is 23.0. The van der Waals surface area contributed by atoms with Gasteiger partial charge in [0, 0.05) is 0 Å². The van der Waals surface area contributed by atoms with Crippen LogP contribution in [-0.2, 0) is 24.7 Å². The maximum atomic E-state index is 12.6. The number of hydrogen-bond donors (Lipinski definition) is 2. The molecule has 26 heavy (non-hydrogen) atoms. The Bertz CT molecular complexity index is 926. The maximum absolute atomic E-state index is 12.6. The fraction of sp³-hybridized carbons (Fsp3) is 0.500. The van der Waals surface area contributed by atoms with E-state index >= 15 is 0 Å². The summed E-state index contributed by atoms with van der Waals surface area (Å²) in [5.74, 6) is -1.96. The Morgan fingerprint density at radius 2 is 1.69 bits per heavy atom. The van der Waals surface area contributed by atoms with Crippen molar-refractivity contribution in [3.63, 3.8) is 0 Å². The number of carbonyl (C=O) groups excluding carboxylic acids is 1. The number of halogens is 3. The SMILES string of the molecule is Cc1ccc(S(=O)(=O)N[C@H]2CS(=O)(=O)C[C@H]2NC(=O)C(Cl)(Cl)Cl)cc1C. The van der Waals surface area contributed by atoms with Crippen LogP contribution < -0.4 is 10.0 Å². The van der Waals surface area contributed by atoms with Gasteiger partial charge in [-0.15, -0.1) is 0 Å². The highest BCUT2D eigenvalue weighted by Crippen LogP contribution is 2.27. The number of nitrogens with one attached hydrogen (secondary N) is 2. The molecular weight excluding hydrogens is 447 g/mol. The van der Waals surface area contributed by atoms with Crippen LogP contribution in [0.4, 0.5) is 0 Å². The number of aryl methyl sites for hydroxylation is 2. The molecule has 1 heterocycles. The van der Waals surface area contributed by atoms with Crippen LogP contribution in [0.5, 0.6) is 0 Å². The number of sulfone groups is 1. The van der Waals surface area contributed by atoms with Crippen molar-refractivity contribution in [2.45, 2.75) is 34.6 Å². The van der Waals surface area contributed by atoms with E-state index in [1.807, 2.05) is 6.92 Å². The summed E-state index contributed by atoms with van der Waals surface area (Å²) >= 11 is 16.4. The van der Waals surface area contributed by atoms with Crippen molar-refractivity contribution in [1.29, 1.82) is 0 Å². The van der Waals surface area contributed by atoms with Crippen LogP contribution in [0, 0.1) is 13.8 Å². The lowest BCUT2D eigenvalue weighted by Gasteiger charge is -2.22.